The molecule has 5 heteroatoms. The van der Waals surface area contributed by atoms with Crippen molar-refractivity contribution in [1.82, 2.24) is 0 Å². The Hall–Kier alpha value is 0.358. The predicted molar refractivity (Wildman–Crippen MR) is 95.4 cm³/mol. The molecule has 0 fully saturated rings. The molecule has 0 aromatic rings. The highest BCUT2D eigenvalue weighted by Gasteiger charge is 2.63. The molecule has 0 aromatic carbocycles. The van der Waals surface area contributed by atoms with Gasteiger partial charge in [0.15, 0.2) is 0 Å². The van der Waals surface area contributed by atoms with Gasteiger partial charge in [-0.15, -0.1) is 0 Å². The molecule has 0 aliphatic heterocycles. The smallest absolute Gasteiger partial charge is 0.0621 e. The topological polar surface area (TPSA) is 23.8 Å². The number of nitrogens with zero attached hydrogens (tertiary/aromatic N) is 1. The van der Waals surface area contributed by atoms with Crippen molar-refractivity contribution in [2.75, 3.05) is 0 Å². The maximum Gasteiger partial charge on any atom is 0.0621 e. The molecule has 1 nitrogen and oxygen atoms in total. The van der Waals surface area contributed by atoms with E-state index >= 15 is 0 Å². The molecule has 0 bridgehead atoms. The fourth-order valence-corrected chi connectivity index (χ4v) is 113. The first-order chi connectivity index (χ1) is 7.73. The van der Waals surface area contributed by atoms with Gasteiger partial charge in [0, 0.05) is 35.8 Å². The van der Waals surface area contributed by atoms with E-state index in [4.69, 9.17) is 0 Å². The normalized spacial score (nSPS) is 16.3. The van der Waals surface area contributed by atoms with E-state index in [0.29, 0.717) is 5.54 Å². The van der Waals surface area contributed by atoms with Gasteiger partial charge in [-0.1, -0.05) is 65.8 Å². The van der Waals surface area contributed by atoms with Gasteiger partial charge in [-0.3, -0.25) is 0 Å². The molecule has 0 spiro atoms. The van der Waals surface area contributed by atoms with Crippen molar-refractivity contribution in [3.63, 3.8) is 0 Å². The summed E-state index contributed by atoms with van der Waals surface area (Å²) < 4.78 is 0. The lowest BCUT2D eigenvalue weighted by Crippen LogP contribution is -2.84. The lowest BCUT2D eigenvalue weighted by Gasteiger charge is -2.60. The lowest BCUT2D eigenvalue weighted by molar-refractivity contribution is 0.940. The van der Waals surface area contributed by atoms with Gasteiger partial charge in [0.2, 0.25) is 0 Å². The summed E-state index contributed by atoms with van der Waals surface area (Å²) in [6.45, 7) is 24.5. The first kappa shape index (κ1) is 18.4. The third kappa shape index (κ3) is 2.92. The van der Waals surface area contributed by atoms with Crippen LogP contribution in [0.2, 0.25) is 64.5 Å². The summed E-state index contributed by atoms with van der Waals surface area (Å²) in [5.41, 5.74) is 0.701. The van der Waals surface area contributed by atoms with E-state index in [0.717, 1.165) is 6.42 Å². The Morgan fingerprint density at radius 1 is 0.778 bits per heavy atom. The molecule has 1 atom stereocenters. The Balaban J connectivity index is 6.19. The summed E-state index contributed by atoms with van der Waals surface area (Å²) >= 11 is 0. The Kier molecular flexibility index (Phi) is 5.50. The molecular weight excluding hydrogens is 282 g/mol. The van der Waals surface area contributed by atoms with Gasteiger partial charge in [-0.2, -0.15) is 5.26 Å². The van der Waals surface area contributed by atoms with Gasteiger partial charge < -0.3 is 0 Å². The zero-order chi connectivity index (χ0) is 15.0. The summed E-state index contributed by atoms with van der Waals surface area (Å²) in [7, 11) is -3.59. The second-order valence-electron chi connectivity index (χ2n) is 8.82. The lowest BCUT2D eigenvalue weighted by atomic mass is 10.4. The Morgan fingerprint density at radius 3 is 1.22 bits per heavy atom. The van der Waals surface area contributed by atoms with Crippen LogP contribution in [0.4, 0.5) is 0 Å². The minimum absolute atomic E-state index is 0.701. The van der Waals surface area contributed by atoms with Crippen molar-refractivity contribution in [2.45, 2.75) is 77.8 Å². The van der Waals surface area contributed by atoms with Crippen LogP contribution in [-0.4, -0.2) is 29.4 Å². The molecule has 0 aliphatic rings. The Bertz CT molecular complexity index is 289. The molecule has 0 amide bonds. The standard InChI is InChI=1S/C13H33NSi4/c1-13(11-12-14)18(15(2,3)4,16(5,6)7)17(8,9)10/h13H,11H2,1-10H3. The van der Waals surface area contributed by atoms with Gasteiger partial charge in [-0.05, 0) is 5.54 Å². The molecule has 0 radical (unpaired) electrons. The van der Waals surface area contributed by atoms with Crippen LogP contribution in [0.3, 0.4) is 0 Å². The number of rotatable bonds is 5. The van der Waals surface area contributed by atoms with Gasteiger partial charge >= 0.3 is 0 Å². The van der Waals surface area contributed by atoms with Gasteiger partial charge in [0.05, 0.1) is 6.07 Å². The molecule has 0 saturated carbocycles. The summed E-state index contributed by atoms with van der Waals surface area (Å²) in [5, 5.41) is 9.22. The van der Waals surface area contributed by atoms with Crippen LogP contribution in [0.15, 0.2) is 0 Å². The maximum atomic E-state index is 9.22. The zero-order valence-corrected chi connectivity index (χ0v) is 18.2. The summed E-state index contributed by atoms with van der Waals surface area (Å²) in [6.07, 6.45) is 0.797. The summed E-state index contributed by atoms with van der Waals surface area (Å²) in [4.78, 5) is 0. The minimum atomic E-state index is -1.33. The molecule has 106 valence electrons. The average molecular weight is 316 g/mol. The van der Waals surface area contributed by atoms with Crippen molar-refractivity contribution in [1.29, 1.82) is 5.26 Å². The second-order valence-corrected chi connectivity index (χ2v) is 50.0. The van der Waals surface area contributed by atoms with E-state index in [1.807, 2.05) is 0 Å². The molecule has 0 aliphatic carbocycles. The summed E-state index contributed by atoms with van der Waals surface area (Å²) in [6, 6.07) is 2.49. The van der Waals surface area contributed by atoms with Crippen LogP contribution in [-0.2, 0) is 0 Å². The Labute approximate surface area is 118 Å². The van der Waals surface area contributed by atoms with Crippen molar-refractivity contribution < 1.29 is 0 Å². The van der Waals surface area contributed by atoms with E-state index in [1.165, 1.54) is 0 Å². The van der Waals surface area contributed by atoms with Gasteiger partial charge in [0.25, 0.3) is 0 Å². The van der Waals surface area contributed by atoms with Gasteiger partial charge in [0.1, 0.15) is 0 Å². The fraction of sp³-hybridized carbons (Fsp3) is 0.923. The highest BCUT2D eigenvalue weighted by molar-refractivity contribution is 7.89. The van der Waals surface area contributed by atoms with E-state index in [2.05, 4.69) is 71.9 Å². The number of hydrogen-bond acceptors (Lipinski definition) is 1. The molecule has 0 heterocycles. The van der Waals surface area contributed by atoms with Crippen LogP contribution in [0.1, 0.15) is 13.3 Å². The summed E-state index contributed by atoms with van der Waals surface area (Å²) in [5.74, 6) is 0. The van der Waals surface area contributed by atoms with Crippen LogP contribution >= 0.6 is 0 Å². The molecule has 1 unspecified atom stereocenters. The third-order valence-corrected chi connectivity index (χ3v) is 79.7. The number of nitriles is 1. The molecule has 0 rings (SSSR count). The molecule has 0 saturated heterocycles. The van der Waals surface area contributed by atoms with E-state index in [-0.39, 0.29) is 0 Å². The molecular formula is C13H33NSi4. The van der Waals surface area contributed by atoms with E-state index in [9.17, 15) is 5.26 Å². The van der Waals surface area contributed by atoms with Crippen LogP contribution in [0.5, 0.6) is 0 Å². The Morgan fingerprint density at radius 2 is 1.06 bits per heavy atom. The highest BCUT2D eigenvalue weighted by atomic mass is 29.9. The average Bonchev–Trinajstić information content (AvgIpc) is 1.94. The largest absolute Gasteiger partial charge is 0.198 e. The van der Waals surface area contributed by atoms with Crippen molar-refractivity contribution in [3.05, 3.63) is 0 Å². The first-order valence-electron chi connectivity index (χ1n) is 7.10. The first-order valence-corrected chi connectivity index (χ1v) is 22.7. The SMILES string of the molecule is CC(CC#N)[Si]([Si](C)(C)C)([Si](C)(C)C)[Si](C)(C)C. The molecule has 0 N–H and O–H groups in total. The molecule has 18 heavy (non-hydrogen) atoms. The van der Waals surface area contributed by atoms with Crippen molar-refractivity contribution in [3.8, 4) is 6.07 Å². The maximum absolute atomic E-state index is 9.22. The monoisotopic (exact) mass is 315 g/mol. The highest BCUT2D eigenvalue weighted by Crippen LogP contribution is 2.45. The molecule has 0 aromatic heterocycles. The van der Waals surface area contributed by atoms with Crippen molar-refractivity contribution >= 4 is 29.4 Å². The van der Waals surface area contributed by atoms with E-state index < -0.39 is 29.4 Å². The predicted octanol–water partition coefficient (Wildman–Crippen LogP) is 4.99. The quantitative estimate of drug-likeness (QED) is 0.656. The van der Waals surface area contributed by atoms with Crippen LogP contribution in [0.25, 0.3) is 0 Å². The fourth-order valence-electron chi connectivity index (χ4n) is 5.88. The van der Waals surface area contributed by atoms with E-state index in [1.54, 1.807) is 0 Å². The minimum Gasteiger partial charge on any atom is -0.198 e. The van der Waals surface area contributed by atoms with Crippen LogP contribution < -0.4 is 0 Å². The van der Waals surface area contributed by atoms with Crippen LogP contribution in [0, 0.1) is 11.3 Å². The van der Waals surface area contributed by atoms with Crippen molar-refractivity contribution in [2.24, 2.45) is 0 Å². The second kappa shape index (κ2) is 5.39. The number of hydrogen-bond donors (Lipinski definition) is 0. The third-order valence-electron chi connectivity index (χ3n) is 4.69. The zero-order valence-electron chi connectivity index (χ0n) is 14.2. The van der Waals surface area contributed by atoms with Gasteiger partial charge in [-0.25, -0.2) is 0 Å².